The van der Waals surface area contributed by atoms with Crippen molar-refractivity contribution in [2.75, 3.05) is 38.5 Å². The lowest BCUT2D eigenvalue weighted by Gasteiger charge is -2.26. The van der Waals surface area contributed by atoms with Gasteiger partial charge in [0, 0.05) is 37.4 Å². The van der Waals surface area contributed by atoms with E-state index in [1.165, 1.54) is 23.7 Å². The third-order valence-electron chi connectivity index (χ3n) is 5.78. The van der Waals surface area contributed by atoms with Crippen molar-refractivity contribution in [2.45, 2.75) is 63.9 Å². The molecule has 0 bridgehead atoms. The van der Waals surface area contributed by atoms with E-state index >= 15 is 0 Å². The molecule has 0 atom stereocenters. The molecule has 150 valence electrons. The van der Waals surface area contributed by atoms with Crippen molar-refractivity contribution in [3.8, 4) is 0 Å². The fourth-order valence-corrected chi connectivity index (χ4v) is 5.06. The van der Waals surface area contributed by atoms with Crippen LogP contribution in [0.5, 0.6) is 0 Å². The number of piperidine rings is 1. The Hall–Kier alpha value is -1.34. The largest absolute Gasteiger partial charge is 0.348 e. The molecule has 0 aromatic carbocycles. The molecular weight excluding hydrogens is 360 g/mol. The summed E-state index contributed by atoms with van der Waals surface area (Å²) < 4.78 is 1.87. The summed E-state index contributed by atoms with van der Waals surface area (Å²) in [5.74, 6) is 0.571. The van der Waals surface area contributed by atoms with E-state index in [-0.39, 0.29) is 11.6 Å². The molecule has 2 aliphatic rings. The van der Waals surface area contributed by atoms with Crippen LogP contribution in [0, 0.1) is 0 Å². The summed E-state index contributed by atoms with van der Waals surface area (Å²) in [4.78, 5) is 33.8. The number of thioether (sulfide) groups is 1. The van der Waals surface area contributed by atoms with Crippen LogP contribution in [0.1, 0.15) is 50.8 Å². The molecule has 3 rings (SSSR count). The Kier molecular flexibility index (Phi) is 7.35. The molecule has 1 fully saturated rings. The van der Waals surface area contributed by atoms with Gasteiger partial charge in [0.2, 0.25) is 5.91 Å². The highest BCUT2D eigenvalue weighted by atomic mass is 32.2. The Morgan fingerprint density at radius 3 is 2.56 bits per heavy atom. The maximum Gasteiger partial charge on any atom is 0.348 e. The number of rotatable bonds is 8. The summed E-state index contributed by atoms with van der Waals surface area (Å²) in [6, 6.07) is 0. The molecule has 1 aromatic rings. The molecule has 1 amide bonds. The predicted octanol–water partition coefficient (Wildman–Crippen LogP) is 2.18. The molecule has 7 heteroatoms. The molecule has 0 spiro atoms. The maximum absolute atomic E-state index is 12.7. The Labute approximate surface area is 166 Å². The fourth-order valence-electron chi connectivity index (χ4n) is 4.08. The van der Waals surface area contributed by atoms with Crippen LogP contribution in [0.2, 0.25) is 0 Å². The SMILES string of the molecule is CCN(CC)CCn1c2c(c(SCC(=O)N3CCCCC3)nc1=O)CCC2. The number of carbonyl (C=O) groups excluding carboxylic acids is 1. The van der Waals surface area contributed by atoms with Crippen LogP contribution >= 0.6 is 11.8 Å². The number of hydrogen-bond donors (Lipinski definition) is 0. The highest BCUT2D eigenvalue weighted by molar-refractivity contribution is 7.99. The highest BCUT2D eigenvalue weighted by Crippen LogP contribution is 2.29. The van der Waals surface area contributed by atoms with Gasteiger partial charge >= 0.3 is 5.69 Å². The minimum atomic E-state index is -0.157. The van der Waals surface area contributed by atoms with Gasteiger partial charge in [0.1, 0.15) is 5.03 Å². The number of fused-ring (bicyclic) bond motifs is 1. The van der Waals surface area contributed by atoms with E-state index in [2.05, 4.69) is 23.7 Å². The zero-order valence-corrected chi connectivity index (χ0v) is 17.5. The molecule has 1 aromatic heterocycles. The summed E-state index contributed by atoms with van der Waals surface area (Å²) in [6.45, 7) is 9.60. The van der Waals surface area contributed by atoms with Crippen molar-refractivity contribution < 1.29 is 4.79 Å². The summed E-state index contributed by atoms with van der Waals surface area (Å²) in [6.07, 6.45) is 6.41. The first kappa shape index (κ1) is 20.4. The van der Waals surface area contributed by atoms with Crippen LogP contribution in [0.15, 0.2) is 9.82 Å². The third kappa shape index (κ3) is 4.93. The van der Waals surface area contributed by atoms with Gasteiger partial charge in [-0.3, -0.25) is 9.36 Å². The molecule has 0 radical (unpaired) electrons. The lowest BCUT2D eigenvalue weighted by Crippen LogP contribution is -2.37. The van der Waals surface area contributed by atoms with Crippen molar-refractivity contribution in [3.63, 3.8) is 0 Å². The normalized spacial score (nSPS) is 16.8. The molecular formula is C20H32N4O2S. The number of carbonyl (C=O) groups is 1. The van der Waals surface area contributed by atoms with E-state index in [1.54, 1.807) is 0 Å². The van der Waals surface area contributed by atoms with Crippen LogP contribution in [-0.4, -0.2) is 63.7 Å². The number of likely N-dealkylation sites (N-methyl/N-ethyl adjacent to an activating group) is 1. The molecule has 6 nitrogen and oxygen atoms in total. The van der Waals surface area contributed by atoms with Gasteiger partial charge in [-0.05, 0) is 51.6 Å². The number of likely N-dealkylation sites (tertiary alicyclic amines) is 1. The van der Waals surface area contributed by atoms with Gasteiger partial charge < -0.3 is 9.80 Å². The van der Waals surface area contributed by atoms with Crippen molar-refractivity contribution >= 4 is 17.7 Å². The van der Waals surface area contributed by atoms with Gasteiger partial charge in [-0.25, -0.2) is 4.79 Å². The average Bonchev–Trinajstić information content (AvgIpc) is 3.18. The van der Waals surface area contributed by atoms with Gasteiger partial charge in [-0.15, -0.1) is 0 Å². The minimum absolute atomic E-state index is 0.157. The van der Waals surface area contributed by atoms with Gasteiger partial charge in [-0.2, -0.15) is 4.98 Å². The first-order chi connectivity index (χ1) is 13.1. The second-order valence-electron chi connectivity index (χ2n) is 7.39. The monoisotopic (exact) mass is 392 g/mol. The zero-order valence-electron chi connectivity index (χ0n) is 16.7. The molecule has 0 saturated carbocycles. The summed E-state index contributed by atoms with van der Waals surface area (Å²) in [5, 5.41) is 0.789. The number of hydrogen-bond acceptors (Lipinski definition) is 5. The smallest absolute Gasteiger partial charge is 0.342 e. The molecule has 2 heterocycles. The summed E-state index contributed by atoms with van der Waals surface area (Å²) in [5.41, 5.74) is 2.19. The van der Waals surface area contributed by atoms with E-state index in [0.717, 1.165) is 75.5 Å². The lowest BCUT2D eigenvalue weighted by molar-refractivity contribution is -0.129. The molecule has 0 unspecified atom stereocenters. The number of aromatic nitrogens is 2. The van der Waals surface area contributed by atoms with Crippen molar-refractivity contribution in [1.29, 1.82) is 0 Å². The van der Waals surface area contributed by atoms with E-state index in [1.807, 2.05) is 9.47 Å². The lowest BCUT2D eigenvalue weighted by atomic mass is 10.1. The van der Waals surface area contributed by atoms with Gasteiger partial charge in [0.15, 0.2) is 0 Å². The Morgan fingerprint density at radius 2 is 1.85 bits per heavy atom. The molecule has 1 aliphatic carbocycles. The summed E-state index contributed by atoms with van der Waals surface area (Å²) in [7, 11) is 0. The van der Waals surface area contributed by atoms with Crippen LogP contribution in [-0.2, 0) is 24.2 Å². The van der Waals surface area contributed by atoms with E-state index in [4.69, 9.17) is 0 Å². The van der Waals surface area contributed by atoms with Crippen molar-refractivity contribution in [2.24, 2.45) is 0 Å². The Bertz CT molecular complexity index is 709. The van der Waals surface area contributed by atoms with Gasteiger partial charge in [0.05, 0.1) is 5.75 Å². The average molecular weight is 393 g/mol. The Balaban J connectivity index is 1.70. The number of amides is 1. The van der Waals surface area contributed by atoms with Crippen molar-refractivity contribution in [3.05, 3.63) is 21.7 Å². The van der Waals surface area contributed by atoms with Crippen LogP contribution < -0.4 is 5.69 Å². The molecule has 1 saturated heterocycles. The minimum Gasteiger partial charge on any atom is -0.342 e. The molecule has 0 N–H and O–H groups in total. The first-order valence-electron chi connectivity index (χ1n) is 10.4. The van der Waals surface area contributed by atoms with Gasteiger partial charge in [-0.1, -0.05) is 25.6 Å². The third-order valence-corrected chi connectivity index (χ3v) is 6.78. The molecule has 1 aliphatic heterocycles. The standard InChI is InChI=1S/C20H32N4O2S/c1-3-22(4-2)13-14-24-17-10-8-9-16(17)19(21-20(24)26)27-15-18(25)23-11-6-5-7-12-23/h3-15H2,1-2H3. The molecule has 27 heavy (non-hydrogen) atoms. The topological polar surface area (TPSA) is 58.4 Å². The quantitative estimate of drug-likeness (QED) is 0.501. The van der Waals surface area contributed by atoms with Crippen LogP contribution in [0.3, 0.4) is 0 Å². The highest BCUT2D eigenvalue weighted by Gasteiger charge is 2.24. The fraction of sp³-hybridized carbons (Fsp3) is 0.750. The van der Waals surface area contributed by atoms with E-state index in [0.29, 0.717) is 12.3 Å². The van der Waals surface area contributed by atoms with E-state index < -0.39 is 0 Å². The maximum atomic E-state index is 12.7. The zero-order chi connectivity index (χ0) is 19.2. The first-order valence-corrected chi connectivity index (χ1v) is 11.4. The number of nitrogens with zero attached hydrogens (tertiary/aromatic N) is 4. The van der Waals surface area contributed by atoms with Crippen LogP contribution in [0.25, 0.3) is 0 Å². The second-order valence-corrected chi connectivity index (χ2v) is 8.35. The van der Waals surface area contributed by atoms with Crippen molar-refractivity contribution in [1.82, 2.24) is 19.4 Å². The van der Waals surface area contributed by atoms with Crippen LogP contribution in [0.4, 0.5) is 0 Å². The predicted molar refractivity (Wildman–Crippen MR) is 109 cm³/mol. The van der Waals surface area contributed by atoms with E-state index in [9.17, 15) is 9.59 Å². The second kappa shape index (κ2) is 9.73. The summed E-state index contributed by atoms with van der Waals surface area (Å²) >= 11 is 1.46. The Morgan fingerprint density at radius 1 is 1.11 bits per heavy atom. The van der Waals surface area contributed by atoms with Gasteiger partial charge in [0.25, 0.3) is 0 Å².